The van der Waals surface area contributed by atoms with Crippen LogP contribution in [0.1, 0.15) is 30.0 Å². The van der Waals surface area contributed by atoms with E-state index in [-0.39, 0.29) is 0 Å². The Morgan fingerprint density at radius 1 is 1.31 bits per heavy atom. The van der Waals surface area contributed by atoms with Crippen LogP contribution in [0.25, 0.3) is 0 Å². The zero-order valence-corrected chi connectivity index (χ0v) is 9.86. The Balaban J connectivity index is 1.96. The van der Waals surface area contributed by atoms with Gasteiger partial charge in [-0.25, -0.2) is 0 Å². The molecule has 0 amide bonds. The minimum absolute atomic E-state index is 0.409. The fraction of sp³-hybridized carbons (Fsp3) is 0.571. The second-order valence-electron chi connectivity index (χ2n) is 4.93. The maximum atomic E-state index is 5.88. The Morgan fingerprint density at radius 2 is 2.19 bits per heavy atom. The molecule has 1 aromatic carbocycles. The molecule has 2 aliphatic rings. The van der Waals surface area contributed by atoms with Crippen molar-refractivity contribution < 1.29 is 4.74 Å². The summed E-state index contributed by atoms with van der Waals surface area (Å²) in [6.07, 6.45) is 4.02. The van der Waals surface area contributed by atoms with E-state index >= 15 is 0 Å². The van der Waals surface area contributed by atoms with Crippen molar-refractivity contribution in [3.05, 3.63) is 35.4 Å². The molecular weight excluding hydrogens is 198 g/mol. The number of benzene rings is 1. The second-order valence-corrected chi connectivity index (χ2v) is 4.93. The molecule has 0 unspecified atom stereocenters. The summed E-state index contributed by atoms with van der Waals surface area (Å²) in [4.78, 5) is 2.46. The van der Waals surface area contributed by atoms with E-state index < -0.39 is 0 Å². The summed E-state index contributed by atoms with van der Waals surface area (Å²) in [5.74, 6) is 0. The number of nitrogens with zero attached hydrogens (tertiary/aromatic N) is 1. The molecular formula is C14H19NO. The van der Waals surface area contributed by atoms with Crippen molar-refractivity contribution in [2.24, 2.45) is 0 Å². The highest BCUT2D eigenvalue weighted by molar-refractivity contribution is 5.33. The Kier molecular flexibility index (Phi) is 2.70. The summed E-state index contributed by atoms with van der Waals surface area (Å²) in [5.41, 5.74) is 3.00. The van der Waals surface area contributed by atoms with Crippen molar-refractivity contribution in [3.8, 4) is 0 Å². The topological polar surface area (TPSA) is 12.5 Å². The van der Waals surface area contributed by atoms with Gasteiger partial charge >= 0.3 is 0 Å². The summed E-state index contributed by atoms with van der Waals surface area (Å²) in [6.45, 7) is 2.10. The first-order valence-corrected chi connectivity index (χ1v) is 6.26. The average molecular weight is 217 g/mol. The Hall–Kier alpha value is -0.860. The molecule has 1 fully saturated rings. The van der Waals surface area contributed by atoms with Gasteiger partial charge in [-0.3, -0.25) is 4.90 Å². The van der Waals surface area contributed by atoms with E-state index in [9.17, 15) is 0 Å². The first kappa shape index (κ1) is 10.3. The van der Waals surface area contributed by atoms with Crippen LogP contribution in [0, 0.1) is 0 Å². The third-order valence-corrected chi connectivity index (χ3v) is 3.90. The lowest BCUT2D eigenvalue weighted by Gasteiger charge is -2.37. The van der Waals surface area contributed by atoms with Gasteiger partial charge in [0, 0.05) is 13.2 Å². The highest BCUT2D eigenvalue weighted by Crippen LogP contribution is 2.35. The quantitative estimate of drug-likeness (QED) is 0.716. The first-order valence-electron chi connectivity index (χ1n) is 6.26. The molecule has 2 aliphatic heterocycles. The molecule has 1 saturated heterocycles. The largest absolute Gasteiger partial charge is 0.376 e. The van der Waals surface area contributed by atoms with E-state index in [0.717, 1.165) is 13.2 Å². The molecule has 0 aromatic heterocycles. The maximum Gasteiger partial charge on any atom is 0.0772 e. The van der Waals surface area contributed by atoms with Crippen molar-refractivity contribution in [1.82, 2.24) is 4.90 Å². The van der Waals surface area contributed by atoms with E-state index in [2.05, 4.69) is 36.2 Å². The normalized spacial score (nSPS) is 30.3. The molecule has 16 heavy (non-hydrogen) atoms. The van der Waals surface area contributed by atoms with Gasteiger partial charge in [-0.1, -0.05) is 24.3 Å². The maximum absolute atomic E-state index is 5.88. The molecule has 0 N–H and O–H groups in total. The van der Waals surface area contributed by atoms with Crippen LogP contribution in [0.4, 0.5) is 0 Å². The Bertz CT molecular complexity index is 371. The number of rotatable bonds is 1. The van der Waals surface area contributed by atoms with Gasteiger partial charge in [0.15, 0.2) is 0 Å². The highest BCUT2D eigenvalue weighted by Gasteiger charge is 2.33. The van der Waals surface area contributed by atoms with Gasteiger partial charge in [-0.2, -0.15) is 0 Å². The standard InChI is InChI=1S/C14H19NO/c1-15-9-8-11-5-2-3-6-12(11)14(15)13-7-4-10-16-13/h2-3,5-6,13-14H,4,7-10H2,1H3/t13-,14+/m0/s1. The third-order valence-electron chi connectivity index (χ3n) is 3.90. The van der Waals surface area contributed by atoms with E-state index in [1.54, 1.807) is 0 Å². The summed E-state index contributed by atoms with van der Waals surface area (Å²) in [5, 5.41) is 0. The Labute approximate surface area is 97.2 Å². The predicted molar refractivity (Wildman–Crippen MR) is 64.5 cm³/mol. The van der Waals surface area contributed by atoms with Crippen LogP contribution in [-0.4, -0.2) is 31.2 Å². The minimum Gasteiger partial charge on any atom is -0.376 e. The SMILES string of the molecule is CN1CCc2ccccc2[C@@H]1[C@@H]1CCCO1. The number of ether oxygens (including phenoxy) is 1. The van der Waals surface area contributed by atoms with Gasteiger partial charge in [0.25, 0.3) is 0 Å². The van der Waals surface area contributed by atoms with E-state index in [1.807, 2.05) is 0 Å². The number of hydrogen-bond donors (Lipinski definition) is 0. The number of hydrogen-bond acceptors (Lipinski definition) is 2. The highest BCUT2D eigenvalue weighted by atomic mass is 16.5. The van der Waals surface area contributed by atoms with Crippen LogP contribution in [0.2, 0.25) is 0 Å². The lowest BCUT2D eigenvalue weighted by atomic mass is 9.89. The number of likely N-dealkylation sites (N-methyl/N-ethyl adjacent to an activating group) is 1. The van der Waals surface area contributed by atoms with Gasteiger partial charge in [-0.05, 0) is 37.4 Å². The molecule has 2 heteroatoms. The average Bonchev–Trinajstić information content (AvgIpc) is 2.82. The van der Waals surface area contributed by atoms with Gasteiger partial charge in [0.1, 0.15) is 0 Å². The number of fused-ring (bicyclic) bond motifs is 1. The minimum atomic E-state index is 0.409. The van der Waals surface area contributed by atoms with Crippen molar-refractivity contribution in [3.63, 3.8) is 0 Å². The van der Waals surface area contributed by atoms with Crippen LogP contribution in [0.15, 0.2) is 24.3 Å². The molecule has 2 atom stereocenters. The van der Waals surface area contributed by atoms with Crippen LogP contribution < -0.4 is 0 Å². The molecule has 0 spiro atoms. The van der Waals surface area contributed by atoms with Crippen LogP contribution in [-0.2, 0) is 11.2 Å². The van der Waals surface area contributed by atoms with Crippen LogP contribution >= 0.6 is 0 Å². The van der Waals surface area contributed by atoms with Gasteiger partial charge in [-0.15, -0.1) is 0 Å². The van der Waals surface area contributed by atoms with Gasteiger partial charge in [0.2, 0.25) is 0 Å². The van der Waals surface area contributed by atoms with Gasteiger partial charge < -0.3 is 4.74 Å². The van der Waals surface area contributed by atoms with E-state index in [0.29, 0.717) is 12.1 Å². The van der Waals surface area contributed by atoms with Crippen molar-refractivity contribution in [1.29, 1.82) is 0 Å². The summed E-state index contributed by atoms with van der Waals surface area (Å²) in [6, 6.07) is 9.32. The molecule has 0 radical (unpaired) electrons. The third kappa shape index (κ3) is 1.66. The molecule has 86 valence electrons. The van der Waals surface area contributed by atoms with Crippen molar-refractivity contribution in [2.45, 2.75) is 31.4 Å². The lowest BCUT2D eigenvalue weighted by Crippen LogP contribution is -2.38. The van der Waals surface area contributed by atoms with Gasteiger partial charge in [0.05, 0.1) is 12.1 Å². The summed E-state index contributed by atoms with van der Waals surface area (Å²) < 4.78 is 5.88. The summed E-state index contributed by atoms with van der Waals surface area (Å²) in [7, 11) is 2.22. The van der Waals surface area contributed by atoms with E-state index in [4.69, 9.17) is 4.74 Å². The smallest absolute Gasteiger partial charge is 0.0772 e. The molecule has 0 aliphatic carbocycles. The second kappa shape index (κ2) is 4.19. The molecule has 0 saturated carbocycles. The van der Waals surface area contributed by atoms with Crippen molar-refractivity contribution >= 4 is 0 Å². The van der Waals surface area contributed by atoms with E-state index in [1.165, 1.54) is 30.4 Å². The fourth-order valence-corrected chi connectivity index (χ4v) is 3.06. The predicted octanol–water partition coefficient (Wildman–Crippen LogP) is 2.39. The zero-order chi connectivity index (χ0) is 11.0. The fourth-order valence-electron chi connectivity index (χ4n) is 3.06. The molecule has 2 heterocycles. The lowest BCUT2D eigenvalue weighted by molar-refractivity contribution is 0.0287. The zero-order valence-electron chi connectivity index (χ0n) is 9.86. The molecule has 0 bridgehead atoms. The monoisotopic (exact) mass is 217 g/mol. The summed E-state index contributed by atoms with van der Waals surface area (Å²) >= 11 is 0. The first-order chi connectivity index (χ1) is 7.86. The van der Waals surface area contributed by atoms with Crippen molar-refractivity contribution in [2.75, 3.05) is 20.2 Å². The van der Waals surface area contributed by atoms with Crippen LogP contribution in [0.5, 0.6) is 0 Å². The molecule has 3 rings (SSSR count). The molecule has 1 aromatic rings. The van der Waals surface area contributed by atoms with Crippen LogP contribution in [0.3, 0.4) is 0 Å². The Morgan fingerprint density at radius 3 is 3.00 bits per heavy atom. The molecule has 2 nitrogen and oxygen atoms in total.